The molecular formula is C12H15N5OS. The Morgan fingerprint density at radius 3 is 3.05 bits per heavy atom. The second kappa shape index (κ2) is 5.50. The van der Waals surface area contributed by atoms with Gasteiger partial charge in [-0.1, -0.05) is 4.49 Å². The molecule has 6 nitrogen and oxygen atoms in total. The van der Waals surface area contributed by atoms with E-state index in [2.05, 4.69) is 24.8 Å². The maximum Gasteiger partial charge on any atom is 0.272 e. The molecule has 2 N–H and O–H groups in total. The summed E-state index contributed by atoms with van der Waals surface area (Å²) in [6.07, 6.45) is 5.64. The lowest BCUT2D eigenvalue weighted by atomic mass is 10.1. The van der Waals surface area contributed by atoms with Gasteiger partial charge in [-0.2, -0.15) is 0 Å². The van der Waals surface area contributed by atoms with Crippen molar-refractivity contribution < 1.29 is 4.79 Å². The Morgan fingerprint density at radius 2 is 2.32 bits per heavy atom. The van der Waals surface area contributed by atoms with Gasteiger partial charge in [0, 0.05) is 23.8 Å². The number of carbonyl (C=O) groups excluding carboxylic acids is 1. The molecule has 3 heterocycles. The molecule has 1 amide bonds. The van der Waals surface area contributed by atoms with Gasteiger partial charge in [0.1, 0.15) is 10.7 Å². The number of carbonyl (C=O) groups is 1. The van der Waals surface area contributed by atoms with Gasteiger partial charge in [0.25, 0.3) is 5.91 Å². The Hall–Kier alpha value is -1.73. The molecule has 0 atom stereocenters. The van der Waals surface area contributed by atoms with Crippen molar-refractivity contribution in [2.24, 2.45) is 0 Å². The normalized spacial score (nSPS) is 16.4. The van der Waals surface area contributed by atoms with Crippen LogP contribution < -0.4 is 10.6 Å². The van der Waals surface area contributed by atoms with Crippen LogP contribution in [0.25, 0.3) is 0 Å². The van der Waals surface area contributed by atoms with Crippen molar-refractivity contribution in [2.45, 2.75) is 18.9 Å². The van der Waals surface area contributed by atoms with Crippen molar-refractivity contribution >= 4 is 22.4 Å². The number of hydrogen-bond donors (Lipinski definition) is 2. The largest absolute Gasteiger partial charge is 0.340 e. The van der Waals surface area contributed by atoms with E-state index in [1.807, 2.05) is 18.3 Å². The first-order chi connectivity index (χ1) is 9.34. The first-order valence-electron chi connectivity index (χ1n) is 6.31. The number of aromatic nitrogens is 3. The molecule has 1 aliphatic heterocycles. The number of nitrogens with one attached hydrogen (secondary N) is 2. The zero-order valence-corrected chi connectivity index (χ0v) is 11.2. The van der Waals surface area contributed by atoms with Gasteiger partial charge in [0.15, 0.2) is 0 Å². The molecule has 19 heavy (non-hydrogen) atoms. The van der Waals surface area contributed by atoms with Crippen LogP contribution in [0.4, 0.5) is 5.00 Å². The molecule has 7 heteroatoms. The minimum atomic E-state index is -0.102. The Bertz CT molecular complexity index is 544. The molecule has 0 aliphatic carbocycles. The summed E-state index contributed by atoms with van der Waals surface area (Å²) < 4.78 is 5.80. The molecule has 0 spiro atoms. The fraction of sp³-hybridized carbons (Fsp3) is 0.417. The van der Waals surface area contributed by atoms with E-state index < -0.39 is 0 Å². The van der Waals surface area contributed by atoms with E-state index in [1.165, 1.54) is 11.5 Å². The number of amides is 1. The molecular weight excluding hydrogens is 262 g/mol. The SMILES string of the molecule is O=C(Nc1cnns1)c1cccn1C1CCNCC1. The number of anilines is 1. The highest BCUT2D eigenvalue weighted by Gasteiger charge is 2.20. The molecule has 1 fully saturated rings. The minimum Gasteiger partial charge on any atom is -0.340 e. The summed E-state index contributed by atoms with van der Waals surface area (Å²) in [5, 5.41) is 10.5. The van der Waals surface area contributed by atoms with Crippen LogP contribution >= 0.6 is 11.5 Å². The van der Waals surface area contributed by atoms with Crippen molar-refractivity contribution in [1.82, 2.24) is 19.5 Å². The van der Waals surface area contributed by atoms with Gasteiger partial charge in [-0.25, -0.2) is 0 Å². The van der Waals surface area contributed by atoms with Crippen molar-refractivity contribution in [3.05, 3.63) is 30.2 Å². The fourth-order valence-electron chi connectivity index (χ4n) is 2.39. The molecule has 3 rings (SSSR count). The molecule has 0 bridgehead atoms. The third kappa shape index (κ3) is 2.66. The van der Waals surface area contributed by atoms with Gasteiger partial charge in [-0.15, -0.1) is 5.10 Å². The van der Waals surface area contributed by atoms with Gasteiger partial charge in [0.05, 0.1) is 6.20 Å². The van der Waals surface area contributed by atoms with Gasteiger partial charge in [-0.3, -0.25) is 4.79 Å². The first kappa shape index (κ1) is 12.3. The summed E-state index contributed by atoms with van der Waals surface area (Å²) in [4.78, 5) is 12.2. The van der Waals surface area contributed by atoms with Crippen LogP contribution in [0.15, 0.2) is 24.5 Å². The van der Waals surface area contributed by atoms with E-state index in [1.54, 1.807) is 6.20 Å². The summed E-state index contributed by atoms with van der Waals surface area (Å²) >= 11 is 1.18. The van der Waals surface area contributed by atoms with Gasteiger partial charge >= 0.3 is 0 Å². The summed E-state index contributed by atoms with van der Waals surface area (Å²) in [6, 6.07) is 4.17. The smallest absolute Gasteiger partial charge is 0.272 e. The molecule has 0 radical (unpaired) electrons. The third-order valence-electron chi connectivity index (χ3n) is 3.31. The molecule has 0 unspecified atom stereocenters. The topological polar surface area (TPSA) is 71.8 Å². The van der Waals surface area contributed by atoms with Gasteiger partial charge in [-0.05, 0) is 38.1 Å². The van der Waals surface area contributed by atoms with Gasteiger partial charge < -0.3 is 15.2 Å². The monoisotopic (exact) mass is 277 g/mol. The van der Waals surface area contributed by atoms with Crippen molar-refractivity contribution in [1.29, 1.82) is 0 Å². The molecule has 2 aromatic rings. The lowest BCUT2D eigenvalue weighted by Crippen LogP contribution is -2.30. The van der Waals surface area contributed by atoms with Crippen LogP contribution in [0.2, 0.25) is 0 Å². The van der Waals surface area contributed by atoms with Gasteiger partial charge in [0.2, 0.25) is 0 Å². The second-order valence-corrected chi connectivity index (χ2v) is 5.30. The number of rotatable bonds is 3. The van der Waals surface area contributed by atoms with E-state index >= 15 is 0 Å². The van der Waals surface area contributed by atoms with Crippen LogP contribution in [0.1, 0.15) is 29.4 Å². The zero-order chi connectivity index (χ0) is 13.1. The highest BCUT2D eigenvalue weighted by molar-refractivity contribution is 7.10. The van der Waals surface area contributed by atoms with Crippen LogP contribution in [-0.4, -0.2) is 33.2 Å². The Labute approximate surface area is 115 Å². The summed E-state index contributed by atoms with van der Waals surface area (Å²) in [7, 11) is 0. The summed E-state index contributed by atoms with van der Waals surface area (Å²) in [5.41, 5.74) is 0.695. The molecule has 1 aliphatic rings. The number of hydrogen-bond acceptors (Lipinski definition) is 5. The predicted molar refractivity (Wildman–Crippen MR) is 73.4 cm³/mol. The summed E-state index contributed by atoms with van der Waals surface area (Å²) in [5.74, 6) is -0.102. The molecule has 1 saturated heterocycles. The molecule has 100 valence electrons. The number of piperidine rings is 1. The fourth-order valence-corrected chi connectivity index (χ4v) is 2.80. The van der Waals surface area contributed by atoms with E-state index in [4.69, 9.17) is 0 Å². The van der Waals surface area contributed by atoms with Crippen LogP contribution in [0.3, 0.4) is 0 Å². The third-order valence-corrected chi connectivity index (χ3v) is 3.89. The van der Waals surface area contributed by atoms with Crippen LogP contribution in [0, 0.1) is 0 Å². The highest BCUT2D eigenvalue weighted by atomic mass is 32.1. The average molecular weight is 277 g/mol. The minimum absolute atomic E-state index is 0.102. The lowest BCUT2D eigenvalue weighted by Gasteiger charge is -2.25. The maximum absolute atomic E-state index is 12.2. The van der Waals surface area contributed by atoms with Crippen molar-refractivity contribution in [3.8, 4) is 0 Å². The van der Waals surface area contributed by atoms with Crippen LogP contribution in [0.5, 0.6) is 0 Å². The predicted octanol–water partition coefficient (Wildman–Crippen LogP) is 1.52. The molecule has 2 aromatic heterocycles. The lowest BCUT2D eigenvalue weighted by molar-refractivity contribution is 0.101. The van der Waals surface area contributed by atoms with E-state index in [-0.39, 0.29) is 5.91 Å². The Kier molecular flexibility index (Phi) is 3.56. The highest BCUT2D eigenvalue weighted by Crippen LogP contribution is 2.22. The first-order valence-corrected chi connectivity index (χ1v) is 7.08. The quantitative estimate of drug-likeness (QED) is 0.892. The summed E-state index contributed by atoms with van der Waals surface area (Å²) in [6.45, 7) is 2.01. The van der Waals surface area contributed by atoms with Crippen molar-refractivity contribution in [3.63, 3.8) is 0 Å². The van der Waals surface area contributed by atoms with E-state index in [9.17, 15) is 4.79 Å². The van der Waals surface area contributed by atoms with Crippen LogP contribution in [-0.2, 0) is 0 Å². The van der Waals surface area contributed by atoms with E-state index in [0.29, 0.717) is 16.7 Å². The second-order valence-electron chi connectivity index (χ2n) is 4.52. The molecule has 0 saturated carbocycles. The maximum atomic E-state index is 12.2. The molecule has 0 aromatic carbocycles. The van der Waals surface area contributed by atoms with Crippen molar-refractivity contribution in [2.75, 3.05) is 18.4 Å². The standard InChI is InChI=1S/C12H15N5OS/c18-12(15-11-8-14-16-19-11)10-2-1-7-17(10)9-3-5-13-6-4-9/h1-2,7-9,13H,3-6H2,(H,15,18). The number of nitrogens with zero attached hydrogens (tertiary/aromatic N) is 3. The average Bonchev–Trinajstić information content (AvgIpc) is 3.10. The Morgan fingerprint density at radius 1 is 1.47 bits per heavy atom. The Balaban J connectivity index is 1.77. The van der Waals surface area contributed by atoms with E-state index in [0.717, 1.165) is 25.9 Å². The zero-order valence-electron chi connectivity index (χ0n) is 10.4.